The van der Waals surface area contributed by atoms with Gasteiger partial charge in [-0.3, -0.25) is 14.5 Å². The molecule has 5 nitrogen and oxygen atoms in total. The van der Waals surface area contributed by atoms with Crippen LogP contribution in [-0.4, -0.2) is 65.8 Å². The second kappa shape index (κ2) is 11.2. The average molecular weight is 478 g/mol. The molecule has 2 amide bonds. The van der Waals surface area contributed by atoms with Crippen molar-refractivity contribution in [3.63, 3.8) is 0 Å². The van der Waals surface area contributed by atoms with E-state index in [0.717, 1.165) is 16.7 Å². The zero-order valence-electron chi connectivity index (χ0n) is 19.8. The van der Waals surface area contributed by atoms with Crippen LogP contribution < -0.4 is 0 Å². The highest BCUT2D eigenvalue weighted by atomic mass is 19.1. The maximum absolute atomic E-state index is 13.4. The molecule has 7 heteroatoms. The summed E-state index contributed by atoms with van der Waals surface area (Å²) in [6, 6.07) is 19.2. The highest BCUT2D eigenvalue weighted by molar-refractivity contribution is 5.95. The fourth-order valence-corrected chi connectivity index (χ4v) is 4.26. The quantitative estimate of drug-likeness (QED) is 0.508. The van der Waals surface area contributed by atoms with Gasteiger partial charge in [0.15, 0.2) is 0 Å². The van der Waals surface area contributed by atoms with Crippen LogP contribution in [0.5, 0.6) is 0 Å². The van der Waals surface area contributed by atoms with Gasteiger partial charge in [0, 0.05) is 56.9 Å². The summed E-state index contributed by atoms with van der Waals surface area (Å²) in [5.74, 6) is -0.886. The van der Waals surface area contributed by atoms with Gasteiger partial charge in [-0.05, 0) is 60.5 Å². The molecule has 0 N–H and O–H groups in total. The third-order valence-corrected chi connectivity index (χ3v) is 6.39. The minimum atomic E-state index is -0.398. The van der Waals surface area contributed by atoms with Crippen molar-refractivity contribution in [1.82, 2.24) is 14.7 Å². The summed E-state index contributed by atoms with van der Waals surface area (Å²) in [6.07, 6.45) is 0. The molecule has 0 atom stereocenters. The van der Waals surface area contributed by atoms with E-state index in [1.165, 1.54) is 36.4 Å². The first kappa shape index (κ1) is 24.5. The highest BCUT2D eigenvalue weighted by Crippen LogP contribution is 2.15. The van der Waals surface area contributed by atoms with Crippen LogP contribution in [0.25, 0.3) is 0 Å². The van der Waals surface area contributed by atoms with Crippen LogP contribution in [0.2, 0.25) is 0 Å². The van der Waals surface area contributed by atoms with Crippen LogP contribution in [0.1, 0.15) is 31.8 Å². The summed E-state index contributed by atoms with van der Waals surface area (Å²) in [5, 5.41) is 0. The molecule has 0 bridgehead atoms. The SMILES string of the molecule is Cc1ccccc1C(=O)N1CCN(CCN(Cc2ccc(F)cc2)C(=O)c2ccc(F)cc2)CC1. The lowest BCUT2D eigenvalue weighted by molar-refractivity contribution is 0.0598. The predicted molar refractivity (Wildman–Crippen MR) is 131 cm³/mol. The second-order valence-corrected chi connectivity index (χ2v) is 8.81. The fraction of sp³-hybridized carbons (Fsp3) is 0.286. The van der Waals surface area contributed by atoms with Gasteiger partial charge in [-0.2, -0.15) is 0 Å². The molecule has 0 saturated carbocycles. The standard InChI is InChI=1S/C28H29F2N3O2/c1-21-4-2-3-5-26(21)28(35)32-17-14-31(15-18-32)16-19-33(20-22-6-10-24(29)11-7-22)27(34)23-8-12-25(30)13-9-23/h2-13H,14-20H2,1H3. The molecule has 1 heterocycles. The highest BCUT2D eigenvalue weighted by Gasteiger charge is 2.24. The topological polar surface area (TPSA) is 43.9 Å². The monoisotopic (exact) mass is 477 g/mol. The summed E-state index contributed by atoms with van der Waals surface area (Å²) >= 11 is 0. The van der Waals surface area contributed by atoms with E-state index in [2.05, 4.69) is 4.90 Å². The van der Waals surface area contributed by atoms with E-state index >= 15 is 0 Å². The third-order valence-electron chi connectivity index (χ3n) is 6.39. The molecule has 1 fully saturated rings. The predicted octanol–water partition coefficient (Wildman–Crippen LogP) is 4.37. The number of halogens is 2. The first-order valence-corrected chi connectivity index (χ1v) is 11.8. The average Bonchev–Trinajstić information content (AvgIpc) is 2.88. The Morgan fingerprint density at radius 3 is 2.06 bits per heavy atom. The second-order valence-electron chi connectivity index (χ2n) is 8.81. The van der Waals surface area contributed by atoms with Crippen LogP contribution in [-0.2, 0) is 6.54 Å². The maximum atomic E-state index is 13.4. The smallest absolute Gasteiger partial charge is 0.254 e. The summed E-state index contributed by atoms with van der Waals surface area (Å²) < 4.78 is 26.7. The Balaban J connectivity index is 1.38. The molecule has 0 spiro atoms. The van der Waals surface area contributed by atoms with E-state index in [1.807, 2.05) is 36.1 Å². The Kier molecular flexibility index (Phi) is 7.87. The largest absolute Gasteiger partial charge is 0.336 e. The van der Waals surface area contributed by atoms with Crippen molar-refractivity contribution in [3.8, 4) is 0 Å². The van der Waals surface area contributed by atoms with Gasteiger partial charge in [0.2, 0.25) is 0 Å². The van der Waals surface area contributed by atoms with Crippen molar-refractivity contribution >= 4 is 11.8 Å². The lowest BCUT2D eigenvalue weighted by Crippen LogP contribution is -2.50. The van der Waals surface area contributed by atoms with Crippen LogP contribution >= 0.6 is 0 Å². The minimum Gasteiger partial charge on any atom is -0.336 e. The van der Waals surface area contributed by atoms with Gasteiger partial charge in [0.1, 0.15) is 11.6 Å². The zero-order valence-corrected chi connectivity index (χ0v) is 19.8. The van der Waals surface area contributed by atoms with E-state index in [9.17, 15) is 18.4 Å². The molecule has 182 valence electrons. The van der Waals surface area contributed by atoms with Crippen LogP contribution in [0.3, 0.4) is 0 Å². The van der Waals surface area contributed by atoms with E-state index in [1.54, 1.807) is 17.0 Å². The van der Waals surface area contributed by atoms with Crippen LogP contribution in [0.4, 0.5) is 8.78 Å². The number of benzene rings is 3. The number of rotatable bonds is 7. The van der Waals surface area contributed by atoms with Crippen LogP contribution in [0.15, 0.2) is 72.8 Å². The maximum Gasteiger partial charge on any atom is 0.254 e. The number of hydrogen-bond acceptors (Lipinski definition) is 3. The molecule has 3 aromatic carbocycles. The van der Waals surface area contributed by atoms with Gasteiger partial charge in [0.25, 0.3) is 11.8 Å². The van der Waals surface area contributed by atoms with Gasteiger partial charge in [-0.25, -0.2) is 8.78 Å². The molecular weight excluding hydrogens is 448 g/mol. The van der Waals surface area contributed by atoms with Crippen molar-refractivity contribution in [3.05, 3.63) is 107 Å². The molecular formula is C28H29F2N3O2. The molecule has 0 aliphatic carbocycles. The Hall–Kier alpha value is -3.58. The molecule has 1 aliphatic rings. The van der Waals surface area contributed by atoms with Gasteiger partial charge >= 0.3 is 0 Å². The van der Waals surface area contributed by atoms with E-state index in [0.29, 0.717) is 51.4 Å². The van der Waals surface area contributed by atoms with Crippen molar-refractivity contribution < 1.29 is 18.4 Å². The van der Waals surface area contributed by atoms with Crippen LogP contribution in [0, 0.1) is 18.6 Å². The number of nitrogens with zero attached hydrogens (tertiary/aromatic N) is 3. The molecule has 1 aliphatic heterocycles. The Morgan fingerprint density at radius 1 is 0.829 bits per heavy atom. The number of hydrogen-bond donors (Lipinski definition) is 0. The van der Waals surface area contributed by atoms with Gasteiger partial charge < -0.3 is 9.80 Å². The summed E-state index contributed by atoms with van der Waals surface area (Å²) in [7, 11) is 0. The minimum absolute atomic E-state index is 0.0483. The van der Waals surface area contributed by atoms with E-state index in [4.69, 9.17) is 0 Å². The number of amides is 2. The van der Waals surface area contributed by atoms with Crippen molar-refractivity contribution in [2.75, 3.05) is 39.3 Å². The fourth-order valence-electron chi connectivity index (χ4n) is 4.26. The lowest BCUT2D eigenvalue weighted by atomic mass is 10.1. The molecule has 3 aromatic rings. The lowest BCUT2D eigenvalue weighted by Gasteiger charge is -2.36. The first-order valence-electron chi connectivity index (χ1n) is 11.8. The summed E-state index contributed by atoms with van der Waals surface area (Å²) in [6.45, 7) is 6.03. The molecule has 0 aromatic heterocycles. The van der Waals surface area contributed by atoms with Gasteiger partial charge in [-0.1, -0.05) is 30.3 Å². The molecule has 35 heavy (non-hydrogen) atoms. The van der Waals surface area contributed by atoms with Crippen molar-refractivity contribution in [1.29, 1.82) is 0 Å². The van der Waals surface area contributed by atoms with Gasteiger partial charge in [0.05, 0.1) is 0 Å². The van der Waals surface area contributed by atoms with E-state index in [-0.39, 0.29) is 17.6 Å². The third kappa shape index (κ3) is 6.31. The van der Waals surface area contributed by atoms with Crippen molar-refractivity contribution in [2.45, 2.75) is 13.5 Å². The van der Waals surface area contributed by atoms with Gasteiger partial charge in [-0.15, -0.1) is 0 Å². The Morgan fingerprint density at radius 2 is 1.43 bits per heavy atom. The number of piperazine rings is 1. The number of carbonyl (C=O) groups is 2. The first-order chi connectivity index (χ1) is 16.9. The van der Waals surface area contributed by atoms with Crippen molar-refractivity contribution in [2.24, 2.45) is 0 Å². The number of aryl methyl sites for hydroxylation is 1. The van der Waals surface area contributed by atoms with E-state index < -0.39 is 5.82 Å². The number of carbonyl (C=O) groups excluding carboxylic acids is 2. The summed E-state index contributed by atoms with van der Waals surface area (Å²) in [5.41, 5.74) is 2.92. The summed E-state index contributed by atoms with van der Waals surface area (Å²) in [4.78, 5) is 31.9. The molecule has 0 radical (unpaired) electrons. The zero-order chi connectivity index (χ0) is 24.8. The Bertz CT molecular complexity index is 1160. The Labute approximate surface area is 204 Å². The molecule has 1 saturated heterocycles. The molecule has 4 rings (SSSR count). The normalized spacial score (nSPS) is 14.1. The molecule has 0 unspecified atom stereocenters.